The number of aromatic nitrogens is 2. The number of carboxylic acids is 1. The summed E-state index contributed by atoms with van der Waals surface area (Å²) in [5, 5.41) is 9.46. The highest BCUT2D eigenvalue weighted by Crippen LogP contribution is 2.26. The van der Waals surface area contributed by atoms with Gasteiger partial charge in [0.05, 0.1) is 24.7 Å². The number of benzene rings is 2. The van der Waals surface area contributed by atoms with Crippen LogP contribution in [0.5, 0.6) is 5.75 Å². The second-order valence-electron chi connectivity index (χ2n) is 6.52. The third-order valence-electron chi connectivity index (χ3n) is 4.95. The Kier molecular flexibility index (Phi) is 4.34. The van der Waals surface area contributed by atoms with Crippen molar-refractivity contribution in [2.24, 2.45) is 0 Å². The van der Waals surface area contributed by atoms with E-state index in [1.54, 1.807) is 7.11 Å². The van der Waals surface area contributed by atoms with Gasteiger partial charge in [0.2, 0.25) is 0 Å². The van der Waals surface area contributed by atoms with Gasteiger partial charge in [0.25, 0.3) is 0 Å². The molecule has 1 N–H and O–H groups in total. The summed E-state index contributed by atoms with van der Waals surface area (Å²) in [6.45, 7) is 1.29. The number of ether oxygens (including phenoxy) is 1. The average Bonchev–Trinajstić information content (AvgIpc) is 3.26. The van der Waals surface area contributed by atoms with E-state index < -0.39 is 12.0 Å². The van der Waals surface area contributed by atoms with Gasteiger partial charge in [-0.3, -0.25) is 14.3 Å². The van der Waals surface area contributed by atoms with Gasteiger partial charge in [0.1, 0.15) is 17.6 Å². The van der Waals surface area contributed by atoms with Crippen molar-refractivity contribution in [1.82, 2.24) is 14.5 Å². The van der Waals surface area contributed by atoms with E-state index in [9.17, 15) is 9.90 Å². The minimum atomic E-state index is -0.755. The van der Waals surface area contributed by atoms with Crippen LogP contribution in [0.25, 0.3) is 16.7 Å². The molecule has 0 radical (unpaired) electrons. The molecular formula is C20H21N3O3. The van der Waals surface area contributed by atoms with Crippen molar-refractivity contribution in [3.8, 4) is 11.4 Å². The summed E-state index contributed by atoms with van der Waals surface area (Å²) in [5.74, 6) is 0.893. The largest absolute Gasteiger partial charge is 0.497 e. The van der Waals surface area contributed by atoms with Crippen molar-refractivity contribution in [2.45, 2.75) is 25.4 Å². The summed E-state index contributed by atoms with van der Waals surface area (Å²) >= 11 is 0. The molecule has 1 aliphatic heterocycles. The molecule has 6 heteroatoms. The Morgan fingerprint density at radius 1 is 1.23 bits per heavy atom. The number of nitrogens with zero attached hydrogens (tertiary/aromatic N) is 3. The van der Waals surface area contributed by atoms with Crippen LogP contribution in [0.1, 0.15) is 18.7 Å². The molecule has 4 rings (SSSR count). The van der Waals surface area contributed by atoms with Crippen molar-refractivity contribution < 1.29 is 14.6 Å². The Hall–Kier alpha value is -2.86. The predicted molar refractivity (Wildman–Crippen MR) is 98.7 cm³/mol. The van der Waals surface area contributed by atoms with Gasteiger partial charge in [-0.1, -0.05) is 12.1 Å². The van der Waals surface area contributed by atoms with Crippen LogP contribution in [-0.2, 0) is 11.3 Å². The van der Waals surface area contributed by atoms with E-state index in [-0.39, 0.29) is 0 Å². The topological polar surface area (TPSA) is 67.6 Å². The molecule has 1 atom stereocenters. The Balaban J connectivity index is 1.77. The van der Waals surface area contributed by atoms with E-state index in [4.69, 9.17) is 9.72 Å². The Labute approximate surface area is 151 Å². The standard InChI is InChI=1S/C20H21N3O3/c1-26-15-10-8-14(9-11-15)23-17-6-3-2-5-16(17)21-19(23)13-22-12-4-7-18(22)20(24)25/h2-3,5-6,8-11,18H,4,7,12-13H2,1H3,(H,24,25)/t18-/m0/s1. The van der Waals surface area contributed by atoms with Gasteiger partial charge in [-0.15, -0.1) is 0 Å². The Morgan fingerprint density at radius 2 is 2.00 bits per heavy atom. The predicted octanol–water partition coefficient (Wildman–Crippen LogP) is 3.08. The number of para-hydroxylation sites is 2. The molecule has 0 saturated carbocycles. The molecule has 0 amide bonds. The quantitative estimate of drug-likeness (QED) is 0.765. The van der Waals surface area contributed by atoms with Gasteiger partial charge >= 0.3 is 5.97 Å². The summed E-state index contributed by atoms with van der Waals surface area (Å²) in [5.41, 5.74) is 2.91. The smallest absolute Gasteiger partial charge is 0.320 e. The average molecular weight is 351 g/mol. The van der Waals surface area contributed by atoms with Crippen molar-refractivity contribution in [3.05, 3.63) is 54.4 Å². The minimum absolute atomic E-state index is 0.431. The van der Waals surface area contributed by atoms with Crippen molar-refractivity contribution >= 4 is 17.0 Å². The second kappa shape index (κ2) is 6.80. The van der Waals surface area contributed by atoms with Crippen LogP contribution in [-0.4, -0.2) is 45.2 Å². The van der Waals surface area contributed by atoms with Crippen LogP contribution in [0.3, 0.4) is 0 Å². The molecule has 1 saturated heterocycles. The zero-order chi connectivity index (χ0) is 18.1. The number of imidazole rings is 1. The lowest BCUT2D eigenvalue weighted by atomic mass is 10.2. The van der Waals surface area contributed by atoms with Crippen molar-refractivity contribution in [2.75, 3.05) is 13.7 Å². The van der Waals surface area contributed by atoms with E-state index in [0.29, 0.717) is 13.0 Å². The Bertz CT molecular complexity index is 933. The zero-order valence-electron chi connectivity index (χ0n) is 14.6. The first kappa shape index (κ1) is 16.6. The fourth-order valence-electron chi connectivity index (χ4n) is 3.68. The summed E-state index contributed by atoms with van der Waals surface area (Å²) < 4.78 is 7.36. The molecule has 1 fully saturated rings. The molecule has 2 aromatic carbocycles. The van der Waals surface area contributed by atoms with E-state index in [1.165, 1.54) is 0 Å². The van der Waals surface area contributed by atoms with Crippen molar-refractivity contribution in [3.63, 3.8) is 0 Å². The van der Waals surface area contributed by atoms with Gasteiger partial charge in [-0.05, 0) is 55.8 Å². The maximum Gasteiger partial charge on any atom is 0.320 e. The highest BCUT2D eigenvalue weighted by Gasteiger charge is 2.31. The molecule has 1 aromatic heterocycles. The van der Waals surface area contributed by atoms with Gasteiger partial charge in [0.15, 0.2) is 0 Å². The fraction of sp³-hybridized carbons (Fsp3) is 0.300. The van der Waals surface area contributed by atoms with E-state index >= 15 is 0 Å². The zero-order valence-corrected chi connectivity index (χ0v) is 14.6. The molecule has 2 heterocycles. The van der Waals surface area contributed by atoms with Gasteiger partial charge in [0, 0.05) is 5.69 Å². The Morgan fingerprint density at radius 3 is 2.73 bits per heavy atom. The van der Waals surface area contributed by atoms with E-state index in [1.807, 2.05) is 53.4 Å². The number of rotatable bonds is 5. The molecule has 6 nitrogen and oxygen atoms in total. The number of carboxylic acid groups (broad SMARTS) is 1. The lowest BCUT2D eigenvalue weighted by molar-refractivity contribution is -0.142. The summed E-state index contributed by atoms with van der Waals surface area (Å²) in [6.07, 6.45) is 1.60. The molecule has 26 heavy (non-hydrogen) atoms. The number of hydrogen-bond donors (Lipinski definition) is 1. The third-order valence-corrected chi connectivity index (χ3v) is 4.95. The monoisotopic (exact) mass is 351 g/mol. The molecule has 0 spiro atoms. The van der Waals surface area contributed by atoms with Crippen molar-refractivity contribution in [1.29, 1.82) is 0 Å². The highest BCUT2D eigenvalue weighted by molar-refractivity contribution is 5.78. The van der Waals surface area contributed by atoms with Crippen LogP contribution < -0.4 is 4.74 Å². The molecule has 134 valence electrons. The first-order chi connectivity index (χ1) is 12.7. The molecule has 1 aliphatic rings. The van der Waals surface area contributed by atoms with Crippen LogP contribution >= 0.6 is 0 Å². The SMILES string of the molecule is COc1ccc(-n2c(CN3CCC[C@H]3C(=O)O)nc3ccccc32)cc1. The number of methoxy groups -OCH3 is 1. The van der Waals surface area contributed by atoms with Crippen LogP contribution in [0.4, 0.5) is 0 Å². The fourth-order valence-corrected chi connectivity index (χ4v) is 3.68. The number of fused-ring (bicyclic) bond motifs is 1. The first-order valence-corrected chi connectivity index (χ1v) is 8.75. The number of hydrogen-bond acceptors (Lipinski definition) is 4. The van der Waals surface area contributed by atoms with Gasteiger partial charge in [-0.2, -0.15) is 0 Å². The normalized spacial score (nSPS) is 17.7. The maximum atomic E-state index is 11.5. The molecule has 0 aliphatic carbocycles. The van der Waals surface area contributed by atoms with Crippen LogP contribution in [0, 0.1) is 0 Å². The highest BCUT2D eigenvalue weighted by atomic mass is 16.5. The number of carbonyl (C=O) groups is 1. The molecule has 0 bridgehead atoms. The van der Waals surface area contributed by atoms with Crippen LogP contribution in [0.2, 0.25) is 0 Å². The third kappa shape index (κ3) is 2.93. The van der Waals surface area contributed by atoms with Gasteiger partial charge in [-0.25, -0.2) is 4.98 Å². The number of aliphatic carboxylic acids is 1. The van der Waals surface area contributed by atoms with E-state index in [2.05, 4.69) is 4.57 Å². The number of likely N-dealkylation sites (tertiary alicyclic amines) is 1. The van der Waals surface area contributed by atoms with Gasteiger partial charge < -0.3 is 9.84 Å². The summed E-state index contributed by atoms with van der Waals surface area (Å²) in [7, 11) is 1.65. The first-order valence-electron chi connectivity index (χ1n) is 8.75. The molecule has 0 unspecified atom stereocenters. The van der Waals surface area contributed by atoms with E-state index in [0.717, 1.165) is 41.3 Å². The maximum absolute atomic E-state index is 11.5. The summed E-state index contributed by atoms with van der Waals surface area (Å²) in [4.78, 5) is 18.3. The minimum Gasteiger partial charge on any atom is -0.497 e. The molecular weight excluding hydrogens is 330 g/mol. The summed E-state index contributed by atoms with van der Waals surface area (Å²) in [6, 6.07) is 15.4. The second-order valence-corrected chi connectivity index (χ2v) is 6.52. The lowest BCUT2D eigenvalue weighted by Crippen LogP contribution is -2.36. The molecule has 3 aromatic rings. The lowest BCUT2D eigenvalue weighted by Gasteiger charge is -2.21. The van der Waals surface area contributed by atoms with Crippen LogP contribution in [0.15, 0.2) is 48.5 Å².